The lowest BCUT2D eigenvalue weighted by molar-refractivity contribution is -0.123. The summed E-state index contributed by atoms with van der Waals surface area (Å²) >= 11 is 1.49. The number of nitrogens with one attached hydrogen (secondary N) is 3. The van der Waals surface area contributed by atoms with Crippen LogP contribution in [0.2, 0.25) is 0 Å². The monoisotopic (exact) mass is 370 g/mol. The number of imide groups is 1. The lowest BCUT2D eigenvalue weighted by Crippen LogP contribution is -2.40. The molecule has 0 radical (unpaired) electrons. The number of rotatable bonds is 6. The molecule has 1 aliphatic rings. The maximum Gasteiger partial charge on any atom is 0.322 e. The molecule has 2 aromatic rings. The molecule has 3 rings (SSSR count). The number of aromatic nitrogens is 1. The van der Waals surface area contributed by atoms with Gasteiger partial charge in [-0.3, -0.25) is 19.9 Å². The van der Waals surface area contributed by atoms with Crippen molar-refractivity contribution in [3.63, 3.8) is 0 Å². The average molecular weight is 370 g/mol. The van der Waals surface area contributed by atoms with E-state index in [4.69, 9.17) is 0 Å². The molecule has 1 saturated heterocycles. The van der Waals surface area contributed by atoms with Crippen LogP contribution < -0.4 is 16.0 Å². The van der Waals surface area contributed by atoms with E-state index in [0.717, 1.165) is 5.56 Å². The van der Waals surface area contributed by atoms with Crippen molar-refractivity contribution in [3.8, 4) is 0 Å². The Morgan fingerprint density at radius 3 is 2.81 bits per heavy atom. The molecule has 1 atom stereocenters. The quantitative estimate of drug-likeness (QED) is 0.676. The van der Waals surface area contributed by atoms with E-state index in [9.17, 15) is 14.4 Å². The van der Waals surface area contributed by atoms with Crippen molar-refractivity contribution in [2.75, 3.05) is 11.1 Å². The van der Waals surface area contributed by atoms with Gasteiger partial charge in [-0.2, -0.15) is 0 Å². The minimum Gasteiger partial charge on any atom is -0.325 e. The maximum atomic E-state index is 12.1. The van der Waals surface area contributed by atoms with Crippen LogP contribution >= 0.6 is 11.8 Å². The Labute approximate surface area is 155 Å². The number of thioether (sulfide) groups is 1. The molecule has 1 aliphatic heterocycles. The van der Waals surface area contributed by atoms with E-state index in [1.54, 1.807) is 43.6 Å². The normalized spacial score (nSPS) is 19.0. The van der Waals surface area contributed by atoms with Crippen molar-refractivity contribution in [2.24, 2.45) is 0 Å². The smallest absolute Gasteiger partial charge is 0.322 e. The number of carbonyl (C=O) groups is 3. The fraction of sp³-hybridized carbons (Fsp3) is 0.222. The number of nitrogens with zero attached hydrogens (tertiary/aromatic N) is 1. The van der Waals surface area contributed by atoms with Crippen molar-refractivity contribution in [1.82, 2.24) is 15.6 Å². The second-order valence-electron chi connectivity index (χ2n) is 6.02. The third kappa shape index (κ3) is 4.02. The van der Waals surface area contributed by atoms with Crippen LogP contribution in [-0.4, -0.2) is 28.6 Å². The summed E-state index contributed by atoms with van der Waals surface area (Å²) in [6.07, 6.45) is 3.48. The molecule has 8 heteroatoms. The molecule has 134 valence electrons. The number of pyridine rings is 1. The zero-order valence-corrected chi connectivity index (χ0v) is 14.9. The largest absolute Gasteiger partial charge is 0.325 e. The van der Waals surface area contributed by atoms with Crippen LogP contribution in [0.3, 0.4) is 0 Å². The van der Waals surface area contributed by atoms with Gasteiger partial charge in [-0.25, -0.2) is 4.79 Å². The van der Waals surface area contributed by atoms with E-state index < -0.39 is 17.5 Å². The minimum atomic E-state index is -1.15. The van der Waals surface area contributed by atoms with Gasteiger partial charge in [-0.1, -0.05) is 18.2 Å². The summed E-state index contributed by atoms with van der Waals surface area (Å²) in [5.41, 5.74) is 1.09. The highest BCUT2D eigenvalue weighted by Gasteiger charge is 2.43. The Bertz CT molecular complexity index is 843. The summed E-state index contributed by atoms with van der Waals surface area (Å²) < 4.78 is 0. The van der Waals surface area contributed by atoms with Gasteiger partial charge < -0.3 is 10.6 Å². The van der Waals surface area contributed by atoms with Crippen LogP contribution in [0.15, 0.2) is 48.8 Å². The first-order chi connectivity index (χ1) is 12.5. The lowest BCUT2D eigenvalue weighted by atomic mass is 9.92. The number of benzene rings is 1. The molecule has 1 unspecified atom stereocenters. The molecule has 1 aromatic heterocycles. The highest BCUT2D eigenvalue weighted by atomic mass is 32.2. The van der Waals surface area contributed by atoms with Crippen LogP contribution in [0.1, 0.15) is 18.1 Å². The summed E-state index contributed by atoms with van der Waals surface area (Å²) in [4.78, 5) is 39.6. The Morgan fingerprint density at radius 2 is 2.12 bits per heavy atom. The molecule has 2 heterocycles. The summed E-state index contributed by atoms with van der Waals surface area (Å²) in [6, 6.07) is 10.2. The number of amides is 4. The van der Waals surface area contributed by atoms with Crippen molar-refractivity contribution in [3.05, 3.63) is 59.9 Å². The van der Waals surface area contributed by atoms with Crippen molar-refractivity contribution >= 4 is 35.3 Å². The lowest BCUT2D eigenvalue weighted by Gasteiger charge is -2.21. The summed E-state index contributed by atoms with van der Waals surface area (Å²) in [7, 11) is 0. The summed E-state index contributed by atoms with van der Waals surface area (Å²) in [6.45, 7) is 1.62. The Balaban J connectivity index is 1.59. The maximum absolute atomic E-state index is 12.1. The molecule has 1 aromatic carbocycles. The second-order valence-corrected chi connectivity index (χ2v) is 7.00. The second kappa shape index (κ2) is 7.57. The molecular weight excluding hydrogens is 352 g/mol. The van der Waals surface area contributed by atoms with Gasteiger partial charge >= 0.3 is 6.03 Å². The predicted octanol–water partition coefficient (Wildman–Crippen LogP) is 2.01. The molecular formula is C18H18N4O3S. The van der Waals surface area contributed by atoms with Gasteiger partial charge in [-0.15, -0.1) is 11.8 Å². The number of hydrogen-bond acceptors (Lipinski definition) is 5. The molecule has 1 fully saturated rings. The summed E-state index contributed by atoms with van der Waals surface area (Å²) in [5.74, 6) is 0.443. The third-order valence-electron chi connectivity index (χ3n) is 3.99. The standard InChI is InChI=1S/C18H18N4O3S/c1-18(16(24)21-17(25)22-18)13-5-2-6-14(8-13)20-15(23)11-26-10-12-4-3-7-19-9-12/h2-9H,10-11H2,1H3,(H,20,23)(H2,21,22,24,25). The van der Waals surface area contributed by atoms with E-state index in [-0.39, 0.29) is 5.91 Å². The highest BCUT2D eigenvalue weighted by molar-refractivity contribution is 7.99. The van der Waals surface area contributed by atoms with Gasteiger partial charge in [0.15, 0.2) is 0 Å². The van der Waals surface area contributed by atoms with Crippen molar-refractivity contribution in [2.45, 2.75) is 18.2 Å². The Kier molecular flexibility index (Phi) is 5.22. The molecule has 0 aliphatic carbocycles. The van der Waals surface area contributed by atoms with Gasteiger partial charge in [0.1, 0.15) is 5.54 Å². The van der Waals surface area contributed by atoms with E-state index >= 15 is 0 Å². The number of carbonyl (C=O) groups excluding carboxylic acids is 3. The molecule has 26 heavy (non-hydrogen) atoms. The van der Waals surface area contributed by atoms with E-state index in [2.05, 4.69) is 20.9 Å². The van der Waals surface area contributed by atoms with Crippen LogP contribution in [-0.2, 0) is 20.9 Å². The van der Waals surface area contributed by atoms with Crippen molar-refractivity contribution < 1.29 is 14.4 Å². The SMILES string of the molecule is CC1(c2cccc(NC(=O)CSCc3cccnc3)c2)NC(=O)NC1=O. The van der Waals surface area contributed by atoms with E-state index in [0.29, 0.717) is 22.8 Å². The Morgan fingerprint density at radius 1 is 1.27 bits per heavy atom. The first-order valence-electron chi connectivity index (χ1n) is 7.98. The fourth-order valence-corrected chi connectivity index (χ4v) is 3.36. The molecule has 4 amide bonds. The fourth-order valence-electron chi connectivity index (χ4n) is 2.60. The highest BCUT2D eigenvalue weighted by Crippen LogP contribution is 2.26. The van der Waals surface area contributed by atoms with Crippen LogP contribution in [0.25, 0.3) is 0 Å². The molecule has 0 spiro atoms. The van der Waals surface area contributed by atoms with Crippen LogP contribution in [0.5, 0.6) is 0 Å². The summed E-state index contributed by atoms with van der Waals surface area (Å²) in [5, 5.41) is 7.65. The zero-order valence-electron chi connectivity index (χ0n) is 14.1. The minimum absolute atomic E-state index is 0.138. The average Bonchev–Trinajstić information content (AvgIpc) is 2.89. The van der Waals surface area contributed by atoms with Crippen LogP contribution in [0, 0.1) is 0 Å². The first kappa shape index (κ1) is 17.9. The van der Waals surface area contributed by atoms with Gasteiger partial charge in [-0.05, 0) is 36.2 Å². The van der Waals surface area contributed by atoms with Gasteiger partial charge in [0.25, 0.3) is 5.91 Å². The van der Waals surface area contributed by atoms with Gasteiger partial charge in [0.05, 0.1) is 5.75 Å². The molecule has 0 saturated carbocycles. The predicted molar refractivity (Wildman–Crippen MR) is 99.5 cm³/mol. The zero-order chi connectivity index (χ0) is 18.6. The van der Waals surface area contributed by atoms with Crippen LogP contribution in [0.4, 0.5) is 10.5 Å². The number of urea groups is 1. The van der Waals surface area contributed by atoms with Gasteiger partial charge in [0, 0.05) is 23.8 Å². The first-order valence-corrected chi connectivity index (χ1v) is 9.13. The van der Waals surface area contributed by atoms with E-state index in [1.165, 1.54) is 11.8 Å². The molecule has 7 nitrogen and oxygen atoms in total. The number of anilines is 1. The Hall–Kier alpha value is -2.87. The topological polar surface area (TPSA) is 100 Å². The van der Waals surface area contributed by atoms with Gasteiger partial charge in [0.2, 0.25) is 5.91 Å². The van der Waals surface area contributed by atoms with E-state index in [1.807, 2.05) is 12.1 Å². The molecule has 3 N–H and O–H groups in total. The third-order valence-corrected chi connectivity index (χ3v) is 5.00. The number of hydrogen-bond donors (Lipinski definition) is 3. The van der Waals surface area contributed by atoms with Crippen molar-refractivity contribution in [1.29, 1.82) is 0 Å². The molecule has 0 bridgehead atoms.